The van der Waals surface area contributed by atoms with Crippen LogP contribution in [0.15, 0.2) is 34.9 Å². The average molecular weight is 370 g/mol. The van der Waals surface area contributed by atoms with E-state index in [0.717, 1.165) is 12.1 Å². The Balaban J connectivity index is 2.08. The summed E-state index contributed by atoms with van der Waals surface area (Å²) < 4.78 is 80.6. The van der Waals surface area contributed by atoms with Gasteiger partial charge in [-0.05, 0) is 30.7 Å². The van der Waals surface area contributed by atoms with Crippen molar-refractivity contribution in [2.75, 3.05) is 5.01 Å². The fraction of sp³-hybridized carbons (Fsp3) is 0.0588. The summed E-state index contributed by atoms with van der Waals surface area (Å²) in [5.74, 6) is -12.7. The molecule has 0 unspecified atom stereocenters. The molecule has 1 heterocycles. The van der Waals surface area contributed by atoms with Crippen LogP contribution in [0.25, 0.3) is 6.08 Å². The Morgan fingerprint density at radius 1 is 0.846 bits per heavy atom. The lowest BCUT2D eigenvalue weighted by Gasteiger charge is -2.15. The van der Waals surface area contributed by atoms with Gasteiger partial charge in [-0.1, -0.05) is 12.1 Å². The van der Waals surface area contributed by atoms with E-state index in [1.165, 1.54) is 25.1 Å². The average Bonchev–Trinajstić information content (AvgIpc) is 2.88. The van der Waals surface area contributed by atoms with E-state index in [-0.39, 0.29) is 16.3 Å². The molecule has 0 aliphatic carbocycles. The first-order valence-corrected chi connectivity index (χ1v) is 7.11. The maximum atomic E-state index is 13.9. The van der Waals surface area contributed by atoms with Crippen molar-refractivity contribution < 1.29 is 31.1 Å². The quantitative estimate of drug-likeness (QED) is 0.335. The summed E-state index contributed by atoms with van der Waals surface area (Å²) in [5.41, 5.74) is -1.24. The molecule has 1 aliphatic heterocycles. The molecule has 0 bridgehead atoms. The van der Waals surface area contributed by atoms with Crippen molar-refractivity contribution in [1.29, 1.82) is 0 Å². The summed E-state index contributed by atoms with van der Waals surface area (Å²) in [7, 11) is 0. The van der Waals surface area contributed by atoms with Crippen molar-refractivity contribution in [3.05, 3.63) is 70.3 Å². The lowest BCUT2D eigenvalue weighted by Crippen LogP contribution is -2.25. The summed E-state index contributed by atoms with van der Waals surface area (Å²) in [5, 5.41) is 3.70. The minimum atomic E-state index is -2.34. The predicted octanol–water partition coefficient (Wildman–Crippen LogP) is 4.33. The van der Waals surface area contributed by atoms with Crippen molar-refractivity contribution in [3.63, 3.8) is 0 Å². The first kappa shape index (κ1) is 17.7. The Kier molecular flexibility index (Phi) is 4.31. The minimum Gasteiger partial charge on any atom is -0.267 e. The zero-order chi connectivity index (χ0) is 19.2. The van der Waals surface area contributed by atoms with Gasteiger partial charge in [0.25, 0.3) is 5.91 Å². The van der Waals surface area contributed by atoms with Gasteiger partial charge in [0.1, 0.15) is 11.5 Å². The number of hydrogen-bond acceptors (Lipinski definition) is 2. The van der Waals surface area contributed by atoms with E-state index < -0.39 is 46.5 Å². The van der Waals surface area contributed by atoms with E-state index in [4.69, 9.17) is 0 Å². The highest BCUT2D eigenvalue weighted by atomic mass is 19.2. The number of benzene rings is 2. The fourth-order valence-corrected chi connectivity index (χ4v) is 2.34. The molecule has 134 valence electrons. The first-order chi connectivity index (χ1) is 12.2. The molecule has 0 atom stereocenters. The zero-order valence-corrected chi connectivity index (χ0v) is 13.0. The lowest BCUT2D eigenvalue weighted by molar-refractivity contribution is -0.114. The van der Waals surface area contributed by atoms with Gasteiger partial charge in [0.2, 0.25) is 5.82 Å². The van der Waals surface area contributed by atoms with Crippen molar-refractivity contribution in [2.24, 2.45) is 5.10 Å². The van der Waals surface area contributed by atoms with Gasteiger partial charge >= 0.3 is 0 Å². The van der Waals surface area contributed by atoms with Gasteiger partial charge in [-0.2, -0.15) is 10.1 Å². The number of hydrogen-bond donors (Lipinski definition) is 0. The molecule has 0 saturated carbocycles. The molecule has 1 aliphatic rings. The van der Waals surface area contributed by atoms with Crippen LogP contribution in [0.4, 0.5) is 32.0 Å². The second kappa shape index (κ2) is 6.32. The summed E-state index contributed by atoms with van der Waals surface area (Å²) in [6.45, 7) is 1.32. The molecule has 2 aromatic carbocycles. The van der Waals surface area contributed by atoms with Gasteiger partial charge in [-0.25, -0.2) is 26.3 Å². The van der Waals surface area contributed by atoms with Gasteiger partial charge in [-0.15, -0.1) is 0 Å². The number of halogens is 6. The van der Waals surface area contributed by atoms with Crippen LogP contribution in [0.2, 0.25) is 0 Å². The van der Waals surface area contributed by atoms with Crippen LogP contribution in [0.3, 0.4) is 0 Å². The third kappa shape index (κ3) is 2.75. The van der Waals surface area contributed by atoms with E-state index in [0.29, 0.717) is 5.56 Å². The maximum absolute atomic E-state index is 13.9. The van der Waals surface area contributed by atoms with Crippen molar-refractivity contribution in [1.82, 2.24) is 0 Å². The summed E-state index contributed by atoms with van der Waals surface area (Å²) >= 11 is 0. The van der Waals surface area contributed by atoms with Crippen LogP contribution in [0, 0.1) is 34.9 Å². The molecule has 9 heteroatoms. The van der Waals surface area contributed by atoms with Gasteiger partial charge in [0, 0.05) is 0 Å². The van der Waals surface area contributed by atoms with Crippen molar-refractivity contribution in [3.8, 4) is 0 Å². The predicted molar refractivity (Wildman–Crippen MR) is 81.2 cm³/mol. The Bertz CT molecular complexity index is 953. The Morgan fingerprint density at radius 2 is 1.35 bits per heavy atom. The molecule has 0 fully saturated rings. The second-order valence-corrected chi connectivity index (χ2v) is 5.33. The smallest absolute Gasteiger partial charge is 0.267 e. The molecule has 3 nitrogen and oxygen atoms in total. The van der Waals surface area contributed by atoms with E-state index >= 15 is 0 Å². The second-order valence-electron chi connectivity index (χ2n) is 5.33. The number of rotatable bonds is 2. The van der Waals surface area contributed by atoms with Crippen LogP contribution in [-0.4, -0.2) is 11.6 Å². The van der Waals surface area contributed by atoms with E-state index in [2.05, 4.69) is 5.10 Å². The molecular weight excluding hydrogens is 362 g/mol. The number of anilines is 1. The van der Waals surface area contributed by atoms with E-state index in [1.54, 1.807) is 0 Å². The van der Waals surface area contributed by atoms with Gasteiger partial charge in [-0.3, -0.25) is 4.79 Å². The highest BCUT2D eigenvalue weighted by Crippen LogP contribution is 2.33. The molecular formula is C17H8F6N2O. The number of hydrazone groups is 1. The van der Waals surface area contributed by atoms with E-state index in [9.17, 15) is 31.1 Å². The number of amides is 1. The summed E-state index contributed by atoms with van der Waals surface area (Å²) in [6, 6.07) is 4.92. The highest BCUT2D eigenvalue weighted by Gasteiger charge is 2.36. The SMILES string of the molecule is CC1=NN(c2c(F)c(F)c(F)c(F)c2F)C(=O)/C1=C/c1ccc(F)cc1. The molecule has 0 N–H and O–H groups in total. The molecule has 0 saturated heterocycles. The van der Waals surface area contributed by atoms with Crippen LogP contribution < -0.4 is 5.01 Å². The number of nitrogens with zero attached hydrogens (tertiary/aromatic N) is 2. The molecule has 1 amide bonds. The molecule has 0 spiro atoms. The van der Waals surface area contributed by atoms with Crippen molar-refractivity contribution >= 4 is 23.4 Å². The largest absolute Gasteiger partial charge is 0.280 e. The number of carbonyl (C=O) groups is 1. The molecule has 2 aromatic rings. The van der Waals surface area contributed by atoms with Gasteiger partial charge in [0.15, 0.2) is 23.3 Å². The first-order valence-electron chi connectivity index (χ1n) is 7.11. The number of carbonyl (C=O) groups excluding carboxylic acids is 1. The standard InChI is InChI=1S/C17H8F6N2O/c1-7-10(6-8-2-4-9(18)5-3-8)17(26)25(24-7)16-14(22)12(20)11(19)13(21)15(16)23/h2-6H,1H3/b10-6+. The summed E-state index contributed by atoms with van der Waals surface area (Å²) in [6.07, 6.45) is 1.26. The Morgan fingerprint density at radius 3 is 1.88 bits per heavy atom. The van der Waals surface area contributed by atoms with Crippen LogP contribution in [-0.2, 0) is 4.79 Å². The van der Waals surface area contributed by atoms with Gasteiger partial charge in [0.05, 0.1) is 11.3 Å². The third-order valence-corrected chi connectivity index (χ3v) is 3.64. The fourth-order valence-electron chi connectivity index (χ4n) is 2.34. The zero-order valence-electron chi connectivity index (χ0n) is 13.0. The van der Waals surface area contributed by atoms with Crippen LogP contribution in [0.5, 0.6) is 0 Å². The Labute approximate surface area is 142 Å². The van der Waals surface area contributed by atoms with E-state index in [1.807, 2.05) is 0 Å². The van der Waals surface area contributed by atoms with Crippen LogP contribution >= 0.6 is 0 Å². The topological polar surface area (TPSA) is 32.7 Å². The Hall–Kier alpha value is -3.10. The molecule has 0 radical (unpaired) electrons. The lowest BCUT2D eigenvalue weighted by atomic mass is 10.1. The van der Waals surface area contributed by atoms with Gasteiger partial charge < -0.3 is 0 Å². The third-order valence-electron chi connectivity index (χ3n) is 3.64. The molecule has 0 aromatic heterocycles. The monoisotopic (exact) mass is 370 g/mol. The van der Waals surface area contributed by atoms with Crippen LogP contribution in [0.1, 0.15) is 12.5 Å². The highest BCUT2D eigenvalue weighted by molar-refractivity contribution is 6.32. The normalized spacial score (nSPS) is 15.8. The molecule has 3 rings (SSSR count). The maximum Gasteiger partial charge on any atom is 0.280 e. The summed E-state index contributed by atoms with van der Waals surface area (Å²) in [4.78, 5) is 12.4. The van der Waals surface area contributed by atoms with Crippen molar-refractivity contribution in [2.45, 2.75) is 6.92 Å². The minimum absolute atomic E-state index is 0.0109. The molecule has 26 heavy (non-hydrogen) atoms.